The predicted octanol–water partition coefficient (Wildman–Crippen LogP) is 2.76. The molecule has 6 nitrogen and oxygen atoms in total. The molecule has 2 rings (SSSR count). The molecule has 1 aliphatic rings. The van der Waals surface area contributed by atoms with Crippen LogP contribution in [0.4, 0.5) is 5.69 Å². The minimum atomic E-state index is -1.27. The van der Waals surface area contributed by atoms with Gasteiger partial charge in [0.15, 0.2) is 6.29 Å². The SMILES string of the molecule is CC(C)C(C)(C#N)N1C(=O)C=C(Nc2cc(Cl)ccc2C=O)C1=O. The molecule has 1 N–H and O–H groups in total. The average Bonchev–Trinajstić information content (AvgIpc) is 2.81. The first-order valence-corrected chi connectivity index (χ1v) is 7.65. The van der Waals surface area contributed by atoms with Crippen LogP contribution >= 0.6 is 11.6 Å². The zero-order chi connectivity index (χ0) is 18.1. The molecule has 24 heavy (non-hydrogen) atoms. The summed E-state index contributed by atoms with van der Waals surface area (Å²) < 4.78 is 0. The van der Waals surface area contributed by atoms with Gasteiger partial charge in [0.2, 0.25) is 0 Å². The molecule has 1 atom stereocenters. The topological polar surface area (TPSA) is 90.3 Å². The number of benzene rings is 1. The van der Waals surface area contributed by atoms with E-state index in [0.717, 1.165) is 11.0 Å². The van der Waals surface area contributed by atoms with Crippen LogP contribution in [0.5, 0.6) is 0 Å². The second-order valence-corrected chi connectivity index (χ2v) is 6.36. The maximum Gasteiger partial charge on any atom is 0.278 e. The highest BCUT2D eigenvalue weighted by Gasteiger charge is 2.46. The zero-order valence-corrected chi connectivity index (χ0v) is 14.2. The molecule has 1 heterocycles. The number of aldehydes is 1. The lowest BCUT2D eigenvalue weighted by Crippen LogP contribution is -2.53. The van der Waals surface area contributed by atoms with Crippen molar-refractivity contribution in [3.63, 3.8) is 0 Å². The molecule has 0 saturated heterocycles. The number of halogens is 1. The van der Waals surface area contributed by atoms with Crippen molar-refractivity contribution in [2.45, 2.75) is 26.3 Å². The van der Waals surface area contributed by atoms with Gasteiger partial charge in [-0.25, -0.2) is 0 Å². The van der Waals surface area contributed by atoms with Gasteiger partial charge < -0.3 is 5.32 Å². The highest BCUT2D eigenvalue weighted by atomic mass is 35.5. The van der Waals surface area contributed by atoms with Crippen molar-refractivity contribution in [3.05, 3.63) is 40.6 Å². The number of rotatable bonds is 5. The van der Waals surface area contributed by atoms with E-state index < -0.39 is 17.4 Å². The summed E-state index contributed by atoms with van der Waals surface area (Å²) in [6.07, 6.45) is 1.74. The van der Waals surface area contributed by atoms with Crippen LogP contribution < -0.4 is 5.32 Å². The predicted molar refractivity (Wildman–Crippen MR) is 89.3 cm³/mol. The maximum atomic E-state index is 12.6. The third-order valence-electron chi connectivity index (χ3n) is 4.15. The van der Waals surface area contributed by atoms with E-state index in [2.05, 4.69) is 5.32 Å². The third-order valence-corrected chi connectivity index (χ3v) is 4.38. The van der Waals surface area contributed by atoms with Crippen LogP contribution in [-0.2, 0) is 9.59 Å². The van der Waals surface area contributed by atoms with Crippen molar-refractivity contribution < 1.29 is 14.4 Å². The number of carbonyl (C=O) groups excluding carboxylic acids is 3. The molecule has 1 aromatic carbocycles. The first kappa shape index (κ1) is 17.7. The number of amides is 2. The Morgan fingerprint density at radius 3 is 2.58 bits per heavy atom. The molecule has 0 spiro atoms. The maximum absolute atomic E-state index is 12.6. The van der Waals surface area contributed by atoms with E-state index in [4.69, 9.17) is 11.6 Å². The Morgan fingerprint density at radius 2 is 2.04 bits per heavy atom. The lowest BCUT2D eigenvalue weighted by atomic mass is 9.88. The molecule has 2 amide bonds. The number of imide groups is 1. The second-order valence-electron chi connectivity index (χ2n) is 5.93. The van der Waals surface area contributed by atoms with Gasteiger partial charge in [0, 0.05) is 16.7 Å². The first-order chi connectivity index (χ1) is 11.2. The number of nitriles is 1. The largest absolute Gasteiger partial charge is 0.350 e. The van der Waals surface area contributed by atoms with E-state index in [1.807, 2.05) is 6.07 Å². The quantitative estimate of drug-likeness (QED) is 0.654. The highest BCUT2D eigenvalue weighted by molar-refractivity contribution is 6.31. The van der Waals surface area contributed by atoms with Crippen molar-refractivity contribution >= 4 is 35.4 Å². The third kappa shape index (κ3) is 2.91. The van der Waals surface area contributed by atoms with Crippen LogP contribution in [0.1, 0.15) is 31.1 Å². The minimum Gasteiger partial charge on any atom is -0.350 e. The molecule has 1 aromatic rings. The Morgan fingerprint density at radius 1 is 1.38 bits per heavy atom. The Labute approximate surface area is 144 Å². The summed E-state index contributed by atoms with van der Waals surface area (Å²) in [5, 5.41) is 12.6. The number of nitrogens with one attached hydrogen (secondary N) is 1. The summed E-state index contributed by atoms with van der Waals surface area (Å²) in [4.78, 5) is 36.9. The summed E-state index contributed by atoms with van der Waals surface area (Å²) in [6, 6.07) is 6.58. The number of hydrogen-bond acceptors (Lipinski definition) is 5. The fraction of sp³-hybridized carbons (Fsp3) is 0.294. The molecule has 1 aliphatic heterocycles. The van der Waals surface area contributed by atoms with Crippen LogP contribution in [0.3, 0.4) is 0 Å². The molecular weight excluding hydrogens is 330 g/mol. The van der Waals surface area contributed by atoms with Gasteiger partial charge in [-0.05, 0) is 31.0 Å². The number of nitrogens with zero attached hydrogens (tertiary/aromatic N) is 2. The van der Waals surface area contributed by atoms with Crippen LogP contribution in [0.15, 0.2) is 30.0 Å². The first-order valence-electron chi connectivity index (χ1n) is 7.27. The van der Waals surface area contributed by atoms with Gasteiger partial charge in [-0.2, -0.15) is 5.26 Å². The second kappa shape index (κ2) is 6.46. The van der Waals surface area contributed by atoms with Gasteiger partial charge in [-0.3, -0.25) is 19.3 Å². The molecule has 0 fully saturated rings. The van der Waals surface area contributed by atoms with E-state index in [1.165, 1.54) is 12.1 Å². The van der Waals surface area contributed by atoms with E-state index in [0.29, 0.717) is 22.6 Å². The van der Waals surface area contributed by atoms with Gasteiger partial charge in [0.1, 0.15) is 11.2 Å². The molecule has 0 bridgehead atoms. The Balaban J connectivity index is 2.36. The standard InChI is InChI=1S/C17H16ClN3O3/c1-10(2)17(3,9-19)21-15(23)7-14(16(21)24)20-13-6-12(18)5-4-11(13)8-22/h4-8,10,20H,1-3H3. The monoisotopic (exact) mass is 345 g/mol. The van der Waals surface area contributed by atoms with Gasteiger partial charge in [-0.15, -0.1) is 0 Å². The summed E-state index contributed by atoms with van der Waals surface area (Å²) in [5.74, 6) is -1.44. The summed E-state index contributed by atoms with van der Waals surface area (Å²) >= 11 is 5.91. The Hall–Kier alpha value is -2.65. The zero-order valence-electron chi connectivity index (χ0n) is 13.5. The lowest BCUT2D eigenvalue weighted by molar-refractivity contribution is -0.143. The van der Waals surface area contributed by atoms with Crippen LogP contribution in [0.25, 0.3) is 0 Å². The van der Waals surface area contributed by atoms with Crippen molar-refractivity contribution in [2.75, 3.05) is 5.32 Å². The number of carbonyl (C=O) groups is 3. The molecule has 1 unspecified atom stereocenters. The van der Waals surface area contributed by atoms with Gasteiger partial charge in [-0.1, -0.05) is 25.4 Å². The molecule has 0 radical (unpaired) electrons. The van der Waals surface area contributed by atoms with Gasteiger partial charge in [0.05, 0.1) is 11.8 Å². The van der Waals surface area contributed by atoms with Crippen molar-refractivity contribution in [1.82, 2.24) is 4.90 Å². The molecule has 0 aliphatic carbocycles. The molecule has 0 saturated carbocycles. The summed E-state index contributed by atoms with van der Waals surface area (Å²) in [7, 11) is 0. The lowest BCUT2D eigenvalue weighted by Gasteiger charge is -2.34. The van der Waals surface area contributed by atoms with Crippen molar-refractivity contribution in [3.8, 4) is 6.07 Å². The summed E-state index contributed by atoms with van der Waals surface area (Å²) in [6.45, 7) is 5.06. The average molecular weight is 346 g/mol. The van der Waals surface area contributed by atoms with Crippen LogP contribution in [-0.4, -0.2) is 28.5 Å². The van der Waals surface area contributed by atoms with Gasteiger partial charge in [0.25, 0.3) is 11.8 Å². The normalized spacial score (nSPS) is 16.7. The molecule has 0 aromatic heterocycles. The summed E-state index contributed by atoms with van der Waals surface area (Å²) in [5.41, 5.74) is -0.663. The highest BCUT2D eigenvalue weighted by Crippen LogP contribution is 2.31. The van der Waals surface area contributed by atoms with E-state index in [-0.39, 0.29) is 11.6 Å². The Bertz CT molecular complexity index is 795. The minimum absolute atomic E-state index is 0.00695. The van der Waals surface area contributed by atoms with Crippen LogP contribution in [0, 0.1) is 17.2 Å². The fourth-order valence-electron chi connectivity index (χ4n) is 2.32. The number of hydrogen-bond donors (Lipinski definition) is 1. The molecular formula is C17H16ClN3O3. The van der Waals surface area contributed by atoms with E-state index in [9.17, 15) is 19.6 Å². The fourth-order valence-corrected chi connectivity index (χ4v) is 2.49. The van der Waals surface area contributed by atoms with Gasteiger partial charge >= 0.3 is 0 Å². The van der Waals surface area contributed by atoms with E-state index in [1.54, 1.807) is 26.8 Å². The van der Waals surface area contributed by atoms with E-state index >= 15 is 0 Å². The van der Waals surface area contributed by atoms with Crippen molar-refractivity contribution in [1.29, 1.82) is 5.26 Å². The molecule has 124 valence electrons. The molecule has 7 heteroatoms. The Kier molecular flexibility index (Phi) is 4.76. The smallest absolute Gasteiger partial charge is 0.278 e. The number of anilines is 1. The van der Waals surface area contributed by atoms with Crippen LogP contribution in [0.2, 0.25) is 5.02 Å². The van der Waals surface area contributed by atoms with Crippen molar-refractivity contribution in [2.24, 2.45) is 5.92 Å².